The van der Waals surface area contributed by atoms with E-state index in [2.05, 4.69) is 5.32 Å². The first-order chi connectivity index (χ1) is 14.0. The Bertz CT molecular complexity index is 1020. The molecule has 4 rings (SSSR count). The number of amides is 2. The number of anilines is 2. The molecule has 2 aliphatic heterocycles. The first-order valence-corrected chi connectivity index (χ1v) is 11.2. The van der Waals surface area contributed by atoms with Gasteiger partial charge in [-0.3, -0.25) is 9.21 Å². The van der Waals surface area contributed by atoms with Crippen molar-refractivity contribution in [2.45, 2.75) is 24.2 Å². The number of hydrogen-bond donors (Lipinski definition) is 1. The van der Waals surface area contributed by atoms with Gasteiger partial charge in [-0.25, -0.2) is 13.2 Å². The second-order valence-corrected chi connectivity index (χ2v) is 9.09. The first kappa shape index (κ1) is 19.7. The molecule has 0 saturated heterocycles. The van der Waals surface area contributed by atoms with Gasteiger partial charge in [-0.2, -0.15) is 0 Å². The molecule has 0 fully saturated rings. The Kier molecular flexibility index (Phi) is 5.47. The number of aryl methyl sites for hydroxylation is 1. The van der Waals surface area contributed by atoms with Crippen LogP contribution in [0.2, 0.25) is 0 Å². The molecule has 2 amide bonds. The van der Waals surface area contributed by atoms with E-state index in [4.69, 9.17) is 4.74 Å². The number of para-hydroxylation sites is 1. The van der Waals surface area contributed by atoms with Gasteiger partial charge in [-0.1, -0.05) is 18.2 Å². The summed E-state index contributed by atoms with van der Waals surface area (Å²) < 4.78 is 33.2. The van der Waals surface area contributed by atoms with E-state index >= 15 is 0 Å². The number of benzene rings is 2. The van der Waals surface area contributed by atoms with Crippen molar-refractivity contribution in [2.75, 3.05) is 42.6 Å². The van der Waals surface area contributed by atoms with E-state index in [1.165, 1.54) is 4.31 Å². The van der Waals surface area contributed by atoms with Crippen LogP contribution in [-0.4, -0.2) is 47.8 Å². The average Bonchev–Trinajstić information content (AvgIpc) is 3.17. The van der Waals surface area contributed by atoms with E-state index < -0.39 is 10.0 Å². The summed E-state index contributed by atoms with van der Waals surface area (Å²) >= 11 is 0. The zero-order chi connectivity index (χ0) is 20.4. The quantitative estimate of drug-likeness (QED) is 0.762. The fourth-order valence-corrected chi connectivity index (χ4v) is 5.57. The lowest BCUT2D eigenvalue weighted by atomic mass is 10.0. The van der Waals surface area contributed by atoms with Crippen LogP contribution in [-0.2, 0) is 27.6 Å². The van der Waals surface area contributed by atoms with Crippen LogP contribution in [0, 0.1) is 0 Å². The van der Waals surface area contributed by atoms with Crippen LogP contribution in [0.3, 0.4) is 0 Å². The summed E-state index contributed by atoms with van der Waals surface area (Å²) in [4.78, 5) is 14.3. The lowest BCUT2D eigenvalue weighted by Gasteiger charge is -2.30. The molecule has 2 aromatic rings. The van der Waals surface area contributed by atoms with Crippen LogP contribution >= 0.6 is 0 Å². The van der Waals surface area contributed by atoms with E-state index in [1.54, 1.807) is 30.2 Å². The van der Waals surface area contributed by atoms with E-state index in [0.717, 1.165) is 35.3 Å². The largest absolute Gasteiger partial charge is 0.383 e. The maximum absolute atomic E-state index is 13.4. The number of methoxy groups -OCH3 is 1. The Morgan fingerprint density at radius 1 is 1.07 bits per heavy atom. The van der Waals surface area contributed by atoms with Gasteiger partial charge in [0.05, 0.1) is 17.2 Å². The Labute approximate surface area is 171 Å². The number of hydrogen-bond acceptors (Lipinski definition) is 4. The first-order valence-electron chi connectivity index (χ1n) is 9.80. The summed E-state index contributed by atoms with van der Waals surface area (Å²) in [5, 5.41) is 2.81. The Morgan fingerprint density at radius 3 is 2.72 bits per heavy atom. The van der Waals surface area contributed by atoms with Gasteiger partial charge in [-0.05, 0) is 54.7 Å². The fraction of sp³-hybridized carbons (Fsp3) is 0.381. The van der Waals surface area contributed by atoms with Gasteiger partial charge in [0.15, 0.2) is 0 Å². The summed E-state index contributed by atoms with van der Waals surface area (Å²) in [5.74, 6) is 0. The van der Waals surface area contributed by atoms with E-state index in [1.807, 2.05) is 24.3 Å². The predicted octanol–water partition coefficient (Wildman–Crippen LogP) is 2.55. The van der Waals surface area contributed by atoms with Crippen molar-refractivity contribution < 1.29 is 17.9 Å². The summed E-state index contributed by atoms with van der Waals surface area (Å²) in [6.45, 7) is 1.89. The normalized spacial score (nSPS) is 15.8. The summed E-state index contributed by atoms with van der Waals surface area (Å²) in [6.07, 6.45) is 2.32. The predicted molar refractivity (Wildman–Crippen MR) is 112 cm³/mol. The molecule has 2 aliphatic rings. The van der Waals surface area contributed by atoms with Gasteiger partial charge in [0.1, 0.15) is 0 Å². The lowest BCUT2D eigenvalue weighted by molar-refractivity contribution is 0.197. The van der Waals surface area contributed by atoms with E-state index in [0.29, 0.717) is 32.7 Å². The van der Waals surface area contributed by atoms with Crippen molar-refractivity contribution in [1.29, 1.82) is 0 Å². The molecule has 0 saturated carbocycles. The fourth-order valence-electron chi connectivity index (χ4n) is 3.98. The standard InChI is InChI=1S/C21H25N3O4S/c1-28-14-11-22-21(25)23-13-10-17-15-18(8-9-19(17)23)29(26,27)24-12-4-6-16-5-2-3-7-20(16)24/h2-3,5,7-9,15H,4,6,10-14H2,1H3,(H,22,25). The molecule has 29 heavy (non-hydrogen) atoms. The zero-order valence-corrected chi connectivity index (χ0v) is 17.2. The third-order valence-corrected chi connectivity index (χ3v) is 7.24. The number of fused-ring (bicyclic) bond motifs is 2. The molecule has 2 heterocycles. The number of sulfonamides is 1. The van der Waals surface area contributed by atoms with Gasteiger partial charge in [0.25, 0.3) is 10.0 Å². The molecule has 0 unspecified atom stereocenters. The SMILES string of the molecule is COCCNC(=O)N1CCc2cc(S(=O)(=O)N3CCCc4ccccc43)ccc21. The van der Waals surface area contributed by atoms with Crippen LogP contribution in [0.5, 0.6) is 0 Å². The molecule has 0 radical (unpaired) electrons. The van der Waals surface area contributed by atoms with Gasteiger partial charge in [0.2, 0.25) is 0 Å². The third-order valence-electron chi connectivity index (χ3n) is 5.43. The minimum atomic E-state index is -3.65. The maximum Gasteiger partial charge on any atom is 0.321 e. The van der Waals surface area contributed by atoms with Crippen molar-refractivity contribution in [3.8, 4) is 0 Å². The topological polar surface area (TPSA) is 79.0 Å². The Hall–Kier alpha value is -2.58. The molecular weight excluding hydrogens is 390 g/mol. The molecular formula is C21H25N3O4S. The monoisotopic (exact) mass is 415 g/mol. The molecule has 1 N–H and O–H groups in total. The third kappa shape index (κ3) is 3.70. The van der Waals surface area contributed by atoms with Crippen molar-refractivity contribution in [1.82, 2.24) is 5.32 Å². The minimum Gasteiger partial charge on any atom is -0.383 e. The number of urea groups is 1. The number of carbonyl (C=O) groups excluding carboxylic acids is 1. The highest BCUT2D eigenvalue weighted by atomic mass is 32.2. The average molecular weight is 416 g/mol. The highest BCUT2D eigenvalue weighted by molar-refractivity contribution is 7.92. The van der Waals surface area contributed by atoms with E-state index in [-0.39, 0.29) is 10.9 Å². The van der Waals surface area contributed by atoms with Crippen LogP contribution in [0.1, 0.15) is 17.5 Å². The Morgan fingerprint density at radius 2 is 1.90 bits per heavy atom. The van der Waals surface area contributed by atoms with Crippen molar-refractivity contribution in [3.05, 3.63) is 53.6 Å². The van der Waals surface area contributed by atoms with Crippen LogP contribution in [0.4, 0.5) is 16.2 Å². The molecule has 0 aromatic heterocycles. The molecule has 0 aliphatic carbocycles. The highest BCUT2D eigenvalue weighted by Crippen LogP contribution is 2.35. The Balaban J connectivity index is 1.59. The second-order valence-electron chi connectivity index (χ2n) is 7.23. The van der Waals surface area contributed by atoms with Crippen molar-refractivity contribution >= 4 is 27.4 Å². The van der Waals surface area contributed by atoms with Gasteiger partial charge in [0, 0.05) is 32.4 Å². The molecule has 7 nitrogen and oxygen atoms in total. The molecule has 2 aromatic carbocycles. The molecule has 0 atom stereocenters. The minimum absolute atomic E-state index is 0.193. The smallest absolute Gasteiger partial charge is 0.321 e. The number of nitrogens with one attached hydrogen (secondary N) is 1. The van der Waals surface area contributed by atoms with Gasteiger partial charge in [-0.15, -0.1) is 0 Å². The zero-order valence-electron chi connectivity index (χ0n) is 16.4. The van der Waals surface area contributed by atoms with Crippen LogP contribution in [0.25, 0.3) is 0 Å². The van der Waals surface area contributed by atoms with Crippen LogP contribution < -0.4 is 14.5 Å². The summed E-state index contributed by atoms with van der Waals surface area (Å²) in [6, 6.07) is 12.5. The summed E-state index contributed by atoms with van der Waals surface area (Å²) in [5.41, 5.74) is 3.46. The summed E-state index contributed by atoms with van der Waals surface area (Å²) in [7, 11) is -2.07. The van der Waals surface area contributed by atoms with Crippen molar-refractivity contribution in [2.24, 2.45) is 0 Å². The van der Waals surface area contributed by atoms with E-state index in [9.17, 15) is 13.2 Å². The van der Waals surface area contributed by atoms with Crippen molar-refractivity contribution in [3.63, 3.8) is 0 Å². The lowest BCUT2D eigenvalue weighted by Crippen LogP contribution is -2.40. The number of rotatable bonds is 5. The highest BCUT2D eigenvalue weighted by Gasteiger charge is 2.31. The molecule has 0 spiro atoms. The maximum atomic E-state index is 13.4. The van der Waals surface area contributed by atoms with Gasteiger partial charge < -0.3 is 10.1 Å². The van der Waals surface area contributed by atoms with Gasteiger partial charge >= 0.3 is 6.03 Å². The molecule has 8 heteroatoms. The second kappa shape index (κ2) is 8.04. The van der Waals surface area contributed by atoms with Crippen LogP contribution in [0.15, 0.2) is 47.4 Å². The number of ether oxygens (including phenoxy) is 1. The molecule has 0 bridgehead atoms. The number of nitrogens with zero attached hydrogens (tertiary/aromatic N) is 2. The molecule has 154 valence electrons. The number of carbonyl (C=O) groups is 1.